The van der Waals surface area contributed by atoms with Crippen LogP contribution in [-0.2, 0) is 6.54 Å². The van der Waals surface area contributed by atoms with Gasteiger partial charge in [-0.25, -0.2) is 4.98 Å². The van der Waals surface area contributed by atoms with Gasteiger partial charge in [0.25, 0.3) is 0 Å². The van der Waals surface area contributed by atoms with Gasteiger partial charge in [0.1, 0.15) is 5.82 Å². The highest BCUT2D eigenvalue weighted by molar-refractivity contribution is 6.32. The largest absolute Gasteiger partial charge is 0.493 e. The second-order valence-electron chi connectivity index (χ2n) is 5.77. The first kappa shape index (κ1) is 16.9. The number of rotatable bonds is 6. The molecule has 1 aromatic heterocycles. The zero-order chi connectivity index (χ0) is 16.9. The molecule has 0 amide bonds. The van der Waals surface area contributed by atoms with Crippen LogP contribution >= 0.6 is 11.6 Å². The zero-order valence-electron chi connectivity index (χ0n) is 14.0. The molecular weight excluding hydrogens is 326 g/mol. The number of methoxy groups -OCH3 is 2. The molecular formula is C18H22ClN3O2. The van der Waals surface area contributed by atoms with Crippen LogP contribution in [0, 0.1) is 0 Å². The van der Waals surface area contributed by atoms with Crippen LogP contribution in [-0.4, -0.2) is 38.3 Å². The van der Waals surface area contributed by atoms with Crippen LogP contribution in [0.4, 0.5) is 5.82 Å². The highest BCUT2D eigenvalue weighted by atomic mass is 35.5. The van der Waals surface area contributed by atoms with E-state index in [1.54, 1.807) is 20.4 Å². The molecule has 0 radical (unpaired) electrons. The van der Waals surface area contributed by atoms with Crippen molar-refractivity contribution in [3.05, 3.63) is 47.1 Å². The predicted octanol–water partition coefficient (Wildman–Crippen LogP) is 3.12. The number of hydrogen-bond acceptors (Lipinski definition) is 5. The van der Waals surface area contributed by atoms with E-state index in [0.29, 0.717) is 11.1 Å². The summed E-state index contributed by atoms with van der Waals surface area (Å²) in [5.74, 6) is 2.41. The van der Waals surface area contributed by atoms with Crippen LogP contribution in [0.25, 0.3) is 0 Å². The minimum absolute atomic E-state index is 0.388. The number of nitrogens with zero attached hydrogens (tertiary/aromatic N) is 2. The lowest BCUT2D eigenvalue weighted by molar-refractivity contribution is 0.350. The third-order valence-electron chi connectivity index (χ3n) is 4.29. The highest BCUT2D eigenvalue weighted by Gasteiger charge is 2.24. The maximum Gasteiger partial charge on any atom is 0.165 e. The fourth-order valence-electron chi connectivity index (χ4n) is 3.08. The first-order valence-electron chi connectivity index (χ1n) is 8.01. The average Bonchev–Trinajstić information content (AvgIpc) is 3.08. The van der Waals surface area contributed by atoms with E-state index < -0.39 is 0 Å². The monoisotopic (exact) mass is 347 g/mol. The second kappa shape index (κ2) is 7.73. The zero-order valence-corrected chi connectivity index (χ0v) is 14.7. The molecule has 1 fully saturated rings. The predicted molar refractivity (Wildman–Crippen MR) is 96.3 cm³/mol. The summed E-state index contributed by atoms with van der Waals surface area (Å²) in [6, 6.07) is 10.1. The van der Waals surface area contributed by atoms with Gasteiger partial charge >= 0.3 is 0 Å². The maximum atomic E-state index is 6.24. The van der Waals surface area contributed by atoms with Gasteiger partial charge in [-0.3, -0.25) is 0 Å². The van der Waals surface area contributed by atoms with Gasteiger partial charge in [-0.2, -0.15) is 0 Å². The third-order valence-corrected chi connectivity index (χ3v) is 4.59. The van der Waals surface area contributed by atoms with Crippen molar-refractivity contribution in [3.63, 3.8) is 0 Å². The first-order valence-corrected chi connectivity index (χ1v) is 8.39. The van der Waals surface area contributed by atoms with Crippen molar-refractivity contribution in [2.45, 2.75) is 19.0 Å². The van der Waals surface area contributed by atoms with E-state index in [1.165, 1.54) is 0 Å². The van der Waals surface area contributed by atoms with E-state index in [2.05, 4.69) is 21.3 Å². The van der Waals surface area contributed by atoms with Crippen LogP contribution in [0.5, 0.6) is 11.5 Å². The summed E-state index contributed by atoms with van der Waals surface area (Å²) in [6.07, 6.45) is 2.84. The van der Waals surface area contributed by atoms with Crippen molar-refractivity contribution in [1.82, 2.24) is 10.3 Å². The Kier molecular flexibility index (Phi) is 5.43. The van der Waals surface area contributed by atoms with Crippen LogP contribution in [0.15, 0.2) is 36.5 Å². The Bertz CT molecular complexity index is 696. The normalized spacial score (nSPS) is 17.1. The van der Waals surface area contributed by atoms with Crippen molar-refractivity contribution < 1.29 is 9.47 Å². The Labute approximate surface area is 147 Å². The average molecular weight is 348 g/mol. The summed E-state index contributed by atoms with van der Waals surface area (Å²) >= 11 is 6.24. The number of para-hydroxylation sites is 1. The molecule has 24 heavy (non-hydrogen) atoms. The first-order chi connectivity index (χ1) is 11.7. The molecule has 1 unspecified atom stereocenters. The molecule has 2 aromatic rings. The molecule has 1 aliphatic heterocycles. The fourth-order valence-corrected chi connectivity index (χ4v) is 3.32. The molecule has 0 saturated carbocycles. The minimum Gasteiger partial charge on any atom is -0.493 e. The standard InChI is InChI=1S/C18H22ClN3O2/c1-23-16-7-3-5-13(17(16)24-2)11-21-14-8-10-22(12-14)18-15(19)6-4-9-20-18/h3-7,9,14,21H,8,10-12H2,1-2H3. The molecule has 1 atom stereocenters. The smallest absolute Gasteiger partial charge is 0.165 e. The number of benzene rings is 1. The van der Waals surface area contributed by atoms with Crippen molar-refractivity contribution in [3.8, 4) is 11.5 Å². The maximum absolute atomic E-state index is 6.24. The summed E-state index contributed by atoms with van der Waals surface area (Å²) in [6.45, 7) is 2.57. The van der Waals surface area contributed by atoms with E-state index >= 15 is 0 Å². The number of aromatic nitrogens is 1. The number of halogens is 1. The van der Waals surface area contributed by atoms with E-state index in [4.69, 9.17) is 21.1 Å². The molecule has 1 aliphatic rings. The van der Waals surface area contributed by atoms with Crippen molar-refractivity contribution >= 4 is 17.4 Å². The van der Waals surface area contributed by atoms with Crippen molar-refractivity contribution in [2.75, 3.05) is 32.2 Å². The van der Waals surface area contributed by atoms with E-state index in [0.717, 1.165) is 48.9 Å². The molecule has 5 nitrogen and oxygen atoms in total. The lowest BCUT2D eigenvalue weighted by Crippen LogP contribution is -2.32. The van der Waals surface area contributed by atoms with Crippen LogP contribution in [0.1, 0.15) is 12.0 Å². The van der Waals surface area contributed by atoms with Gasteiger partial charge in [0.15, 0.2) is 11.5 Å². The molecule has 1 N–H and O–H groups in total. The Morgan fingerprint density at radius 1 is 1.25 bits per heavy atom. The van der Waals surface area contributed by atoms with E-state index in [1.807, 2.05) is 24.3 Å². The summed E-state index contributed by atoms with van der Waals surface area (Å²) in [5.41, 5.74) is 1.09. The van der Waals surface area contributed by atoms with Crippen LogP contribution < -0.4 is 19.7 Å². The van der Waals surface area contributed by atoms with Gasteiger partial charge in [-0.05, 0) is 24.6 Å². The summed E-state index contributed by atoms with van der Waals surface area (Å²) in [5, 5.41) is 4.30. The Balaban J connectivity index is 1.62. The van der Waals surface area contributed by atoms with Gasteiger partial charge in [-0.1, -0.05) is 23.7 Å². The summed E-state index contributed by atoms with van der Waals surface area (Å²) in [4.78, 5) is 6.62. The molecule has 1 saturated heterocycles. The van der Waals surface area contributed by atoms with Crippen LogP contribution in [0.3, 0.4) is 0 Å². The number of ether oxygens (including phenoxy) is 2. The van der Waals surface area contributed by atoms with Gasteiger partial charge < -0.3 is 19.7 Å². The van der Waals surface area contributed by atoms with Crippen LogP contribution in [0.2, 0.25) is 5.02 Å². The van der Waals surface area contributed by atoms with E-state index in [9.17, 15) is 0 Å². The number of hydrogen-bond donors (Lipinski definition) is 1. The quantitative estimate of drug-likeness (QED) is 0.870. The van der Waals surface area contributed by atoms with Gasteiger partial charge in [0, 0.05) is 37.4 Å². The Morgan fingerprint density at radius 2 is 2.12 bits per heavy atom. The molecule has 3 rings (SSSR count). The lowest BCUT2D eigenvalue weighted by Gasteiger charge is -2.19. The van der Waals surface area contributed by atoms with Gasteiger partial charge in [-0.15, -0.1) is 0 Å². The number of anilines is 1. The molecule has 1 aromatic carbocycles. The highest BCUT2D eigenvalue weighted by Crippen LogP contribution is 2.31. The molecule has 0 spiro atoms. The fraction of sp³-hybridized carbons (Fsp3) is 0.389. The van der Waals surface area contributed by atoms with Gasteiger partial charge in [0.05, 0.1) is 19.2 Å². The summed E-state index contributed by atoms with van der Waals surface area (Å²) in [7, 11) is 3.32. The number of pyridine rings is 1. The molecule has 6 heteroatoms. The molecule has 0 bridgehead atoms. The second-order valence-corrected chi connectivity index (χ2v) is 6.18. The molecule has 128 valence electrons. The molecule has 0 aliphatic carbocycles. The third kappa shape index (κ3) is 3.57. The van der Waals surface area contributed by atoms with Crippen molar-refractivity contribution in [2.24, 2.45) is 0 Å². The molecule has 2 heterocycles. The van der Waals surface area contributed by atoms with Gasteiger partial charge in [0.2, 0.25) is 0 Å². The lowest BCUT2D eigenvalue weighted by atomic mass is 10.1. The van der Waals surface area contributed by atoms with E-state index in [-0.39, 0.29) is 0 Å². The summed E-state index contributed by atoms with van der Waals surface area (Å²) < 4.78 is 10.8. The number of nitrogens with one attached hydrogen (secondary N) is 1. The minimum atomic E-state index is 0.388. The SMILES string of the molecule is COc1cccc(CNC2CCN(c3ncccc3Cl)C2)c1OC. The Hall–Kier alpha value is -1.98. The Morgan fingerprint density at radius 3 is 2.88 bits per heavy atom. The van der Waals surface area contributed by atoms with Crippen molar-refractivity contribution in [1.29, 1.82) is 0 Å². The topological polar surface area (TPSA) is 46.6 Å².